The van der Waals surface area contributed by atoms with Crippen LogP contribution in [-0.4, -0.2) is 44.7 Å². The minimum absolute atomic E-state index is 0. The SMILES string of the molecule is CCOCCCNC(=O)c1cccc(NC(=O)CC(C)C2CCCNC2)c1.Cl. The number of hydrogen-bond donors (Lipinski definition) is 3. The predicted octanol–water partition coefficient (Wildman–Crippen LogP) is 3.23. The van der Waals surface area contributed by atoms with Gasteiger partial charge >= 0.3 is 0 Å². The Morgan fingerprint density at radius 3 is 2.89 bits per heavy atom. The third-order valence-corrected chi connectivity index (χ3v) is 5.01. The molecule has 158 valence electrons. The normalized spacial score (nSPS) is 17.3. The molecule has 1 saturated heterocycles. The summed E-state index contributed by atoms with van der Waals surface area (Å²) in [5.74, 6) is 0.763. The monoisotopic (exact) mass is 411 g/mol. The van der Waals surface area contributed by atoms with Crippen molar-refractivity contribution in [1.29, 1.82) is 0 Å². The van der Waals surface area contributed by atoms with Crippen LogP contribution in [0.1, 0.15) is 49.9 Å². The zero-order valence-corrected chi connectivity index (χ0v) is 17.8. The van der Waals surface area contributed by atoms with E-state index in [1.165, 1.54) is 12.8 Å². The van der Waals surface area contributed by atoms with Crippen LogP contribution >= 0.6 is 12.4 Å². The van der Waals surface area contributed by atoms with Crippen LogP contribution in [-0.2, 0) is 9.53 Å². The summed E-state index contributed by atoms with van der Waals surface area (Å²) in [6.07, 6.45) is 3.64. The number of amides is 2. The number of halogens is 1. The molecule has 1 heterocycles. The Hall–Kier alpha value is -1.63. The van der Waals surface area contributed by atoms with Crippen LogP contribution in [0.2, 0.25) is 0 Å². The smallest absolute Gasteiger partial charge is 0.251 e. The van der Waals surface area contributed by atoms with Crippen molar-refractivity contribution in [1.82, 2.24) is 10.6 Å². The Morgan fingerprint density at radius 2 is 2.18 bits per heavy atom. The first kappa shape index (κ1) is 24.4. The van der Waals surface area contributed by atoms with Crippen LogP contribution in [0.5, 0.6) is 0 Å². The van der Waals surface area contributed by atoms with Crippen molar-refractivity contribution in [3.8, 4) is 0 Å². The molecule has 2 unspecified atom stereocenters. The van der Waals surface area contributed by atoms with E-state index in [0.29, 0.717) is 49.3 Å². The van der Waals surface area contributed by atoms with Crippen molar-refractivity contribution in [3.63, 3.8) is 0 Å². The molecular weight excluding hydrogens is 378 g/mol. The van der Waals surface area contributed by atoms with Crippen LogP contribution in [0, 0.1) is 11.8 Å². The average Bonchev–Trinajstić information content (AvgIpc) is 2.68. The van der Waals surface area contributed by atoms with Gasteiger partial charge in [0.1, 0.15) is 0 Å². The zero-order valence-electron chi connectivity index (χ0n) is 17.0. The highest BCUT2D eigenvalue weighted by Gasteiger charge is 2.22. The van der Waals surface area contributed by atoms with E-state index in [2.05, 4.69) is 22.9 Å². The van der Waals surface area contributed by atoms with Gasteiger partial charge in [-0.2, -0.15) is 0 Å². The second-order valence-electron chi connectivity index (χ2n) is 7.22. The van der Waals surface area contributed by atoms with Crippen molar-refractivity contribution in [2.75, 3.05) is 38.2 Å². The van der Waals surface area contributed by atoms with Gasteiger partial charge in [-0.05, 0) is 69.3 Å². The fourth-order valence-electron chi connectivity index (χ4n) is 3.40. The first-order valence-corrected chi connectivity index (χ1v) is 10.1. The molecule has 2 atom stereocenters. The molecule has 28 heavy (non-hydrogen) atoms. The first-order valence-electron chi connectivity index (χ1n) is 10.1. The Balaban J connectivity index is 0.00000392. The lowest BCUT2D eigenvalue weighted by molar-refractivity contribution is -0.117. The van der Waals surface area contributed by atoms with E-state index in [9.17, 15) is 9.59 Å². The molecule has 0 bridgehead atoms. The van der Waals surface area contributed by atoms with Gasteiger partial charge in [-0.25, -0.2) is 0 Å². The van der Waals surface area contributed by atoms with E-state index >= 15 is 0 Å². The molecule has 1 fully saturated rings. The third kappa shape index (κ3) is 8.59. The van der Waals surface area contributed by atoms with Crippen LogP contribution in [0.3, 0.4) is 0 Å². The molecule has 2 rings (SSSR count). The van der Waals surface area contributed by atoms with Gasteiger partial charge in [0.25, 0.3) is 5.91 Å². The number of anilines is 1. The molecular formula is C21H34ClN3O3. The second-order valence-corrected chi connectivity index (χ2v) is 7.22. The summed E-state index contributed by atoms with van der Waals surface area (Å²) in [6.45, 7) is 8.06. The number of hydrogen-bond acceptors (Lipinski definition) is 4. The number of carbonyl (C=O) groups is 2. The molecule has 6 nitrogen and oxygen atoms in total. The van der Waals surface area contributed by atoms with Crippen LogP contribution < -0.4 is 16.0 Å². The molecule has 0 aliphatic carbocycles. The minimum Gasteiger partial charge on any atom is -0.382 e. The van der Waals surface area contributed by atoms with E-state index in [0.717, 1.165) is 19.5 Å². The highest BCUT2D eigenvalue weighted by Crippen LogP contribution is 2.23. The van der Waals surface area contributed by atoms with Crippen LogP contribution in [0.25, 0.3) is 0 Å². The molecule has 1 aromatic carbocycles. The van der Waals surface area contributed by atoms with E-state index in [4.69, 9.17) is 4.74 Å². The average molecular weight is 412 g/mol. The molecule has 0 aromatic heterocycles. The van der Waals surface area contributed by atoms with Crippen molar-refractivity contribution < 1.29 is 14.3 Å². The summed E-state index contributed by atoms with van der Waals surface area (Å²) in [7, 11) is 0. The summed E-state index contributed by atoms with van der Waals surface area (Å²) in [6, 6.07) is 7.09. The van der Waals surface area contributed by atoms with Crippen molar-refractivity contribution in [3.05, 3.63) is 29.8 Å². The van der Waals surface area contributed by atoms with Gasteiger partial charge in [0, 0.05) is 37.4 Å². The zero-order chi connectivity index (χ0) is 19.5. The Kier molecular flexibility index (Phi) is 11.8. The van der Waals surface area contributed by atoms with E-state index < -0.39 is 0 Å². The quantitative estimate of drug-likeness (QED) is 0.516. The number of piperidine rings is 1. The van der Waals surface area contributed by atoms with E-state index in [1.54, 1.807) is 18.2 Å². The lowest BCUT2D eigenvalue weighted by atomic mass is 9.85. The lowest BCUT2D eigenvalue weighted by Gasteiger charge is -2.28. The summed E-state index contributed by atoms with van der Waals surface area (Å²) < 4.78 is 5.26. The number of nitrogens with one attached hydrogen (secondary N) is 3. The lowest BCUT2D eigenvalue weighted by Crippen LogP contribution is -2.34. The molecule has 0 spiro atoms. The molecule has 0 saturated carbocycles. The van der Waals surface area contributed by atoms with Gasteiger partial charge in [0.15, 0.2) is 0 Å². The maximum absolute atomic E-state index is 12.4. The van der Waals surface area contributed by atoms with Crippen molar-refractivity contribution >= 4 is 29.9 Å². The number of rotatable bonds is 10. The van der Waals surface area contributed by atoms with Gasteiger partial charge in [0.2, 0.25) is 5.91 Å². The highest BCUT2D eigenvalue weighted by molar-refractivity contribution is 5.97. The topological polar surface area (TPSA) is 79.5 Å². The minimum atomic E-state index is -0.135. The molecule has 1 aromatic rings. The first-order chi connectivity index (χ1) is 13.1. The number of ether oxygens (including phenoxy) is 1. The Labute approximate surface area is 174 Å². The van der Waals surface area contributed by atoms with Crippen molar-refractivity contribution in [2.24, 2.45) is 11.8 Å². The van der Waals surface area contributed by atoms with Crippen molar-refractivity contribution in [2.45, 2.75) is 39.5 Å². The third-order valence-electron chi connectivity index (χ3n) is 5.01. The standard InChI is InChI=1S/C21H33N3O3.ClH/c1-3-27-12-6-11-23-21(26)17-7-4-9-19(14-17)24-20(25)13-16(2)18-8-5-10-22-15-18;/h4,7,9,14,16,18,22H,3,5-6,8,10-13,15H2,1-2H3,(H,23,26)(H,24,25);1H. The Morgan fingerprint density at radius 1 is 1.36 bits per heavy atom. The summed E-state index contributed by atoms with van der Waals surface area (Å²) in [4.78, 5) is 24.6. The molecule has 2 amide bonds. The fraction of sp³-hybridized carbons (Fsp3) is 0.619. The van der Waals surface area contributed by atoms with E-state index in [1.807, 2.05) is 13.0 Å². The van der Waals surface area contributed by atoms with Gasteiger partial charge in [-0.3, -0.25) is 9.59 Å². The summed E-state index contributed by atoms with van der Waals surface area (Å²) in [5, 5.41) is 9.21. The number of benzene rings is 1. The highest BCUT2D eigenvalue weighted by atomic mass is 35.5. The van der Waals surface area contributed by atoms with E-state index in [-0.39, 0.29) is 24.2 Å². The molecule has 7 heteroatoms. The maximum atomic E-state index is 12.4. The largest absolute Gasteiger partial charge is 0.382 e. The summed E-state index contributed by atoms with van der Waals surface area (Å²) >= 11 is 0. The van der Waals surface area contributed by atoms with Crippen LogP contribution in [0.4, 0.5) is 5.69 Å². The van der Waals surface area contributed by atoms with Crippen LogP contribution in [0.15, 0.2) is 24.3 Å². The van der Waals surface area contributed by atoms with Gasteiger partial charge in [-0.1, -0.05) is 13.0 Å². The van der Waals surface area contributed by atoms with Gasteiger partial charge in [0.05, 0.1) is 0 Å². The Bertz CT molecular complexity index is 606. The van der Waals surface area contributed by atoms with Gasteiger partial charge < -0.3 is 20.7 Å². The number of carbonyl (C=O) groups excluding carboxylic acids is 2. The molecule has 0 radical (unpaired) electrons. The maximum Gasteiger partial charge on any atom is 0.251 e. The molecule has 3 N–H and O–H groups in total. The fourth-order valence-corrected chi connectivity index (χ4v) is 3.40. The summed E-state index contributed by atoms with van der Waals surface area (Å²) in [5.41, 5.74) is 1.21. The van der Waals surface area contributed by atoms with Gasteiger partial charge in [-0.15, -0.1) is 12.4 Å². The second kappa shape index (κ2) is 13.5. The molecule has 1 aliphatic heterocycles. The predicted molar refractivity (Wildman–Crippen MR) is 115 cm³/mol. The molecule has 1 aliphatic rings.